The highest BCUT2D eigenvalue weighted by Crippen LogP contribution is 2.38. The van der Waals surface area contributed by atoms with Crippen LogP contribution < -0.4 is 5.73 Å². The van der Waals surface area contributed by atoms with Gasteiger partial charge in [-0.2, -0.15) is 0 Å². The van der Waals surface area contributed by atoms with Crippen molar-refractivity contribution in [3.63, 3.8) is 0 Å². The van der Waals surface area contributed by atoms with E-state index < -0.39 is 0 Å². The highest BCUT2D eigenvalue weighted by Gasteiger charge is 2.28. The lowest BCUT2D eigenvalue weighted by Crippen LogP contribution is -2.28. The van der Waals surface area contributed by atoms with Crippen molar-refractivity contribution in [2.75, 3.05) is 0 Å². The van der Waals surface area contributed by atoms with Gasteiger partial charge in [-0.1, -0.05) is 13.8 Å². The molecular weight excluding hydrogens is 220 g/mol. The normalized spacial score (nSPS) is 26.3. The number of pyridine rings is 1. The molecule has 0 amide bonds. The van der Waals surface area contributed by atoms with Crippen molar-refractivity contribution in [1.29, 1.82) is 0 Å². The molecule has 1 aromatic rings. The van der Waals surface area contributed by atoms with Gasteiger partial charge in [0.05, 0.1) is 0 Å². The molecule has 2 rings (SSSR count). The molecule has 1 atom stereocenters. The van der Waals surface area contributed by atoms with E-state index >= 15 is 0 Å². The zero-order valence-electron chi connectivity index (χ0n) is 11.9. The third-order valence-corrected chi connectivity index (χ3v) is 4.71. The average Bonchev–Trinajstić information content (AvgIpc) is 2.38. The van der Waals surface area contributed by atoms with Gasteiger partial charge in [0, 0.05) is 18.4 Å². The molecule has 2 N–H and O–H groups in total. The Morgan fingerprint density at radius 1 is 1.17 bits per heavy atom. The number of rotatable bonds is 3. The van der Waals surface area contributed by atoms with Crippen molar-refractivity contribution in [3.05, 3.63) is 29.6 Å². The Hall–Kier alpha value is -0.890. The Bertz CT molecular complexity index is 378. The lowest BCUT2D eigenvalue weighted by molar-refractivity contribution is 0.203. The molecule has 18 heavy (non-hydrogen) atoms. The second kappa shape index (κ2) is 5.83. The topological polar surface area (TPSA) is 38.9 Å². The van der Waals surface area contributed by atoms with Gasteiger partial charge in [-0.3, -0.25) is 4.98 Å². The molecule has 0 aromatic carbocycles. The minimum absolute atomic E-state index is 0.173. The summed E-state index contributed by atoms with van der Waals surface area (Å²) < 4.78 is 0. The Labute approximate surface area is 111 Å². The Balaban J connectivity index is 2.00. The molecule has 100 valence electrons. The molecule has 0 saturated heterocycles. The van der Waals surface area contributed by atoms with Crippen LogP contribution in [0, 0.1) is 24.7 Å². The predicted octanol–water partition coefficient (Wildman–Crippen LogP) is 3.85. The van der Waals surface area contributed by atoms with Crippen LogP contribution in [0.1, 0.15) is 56.7 Å². The van der Waals surface area contributed by atoms with E-state index in [1.54, 1.807) is 0 Å². The summed E-state index contributed by atoms with van der Waals surface area (Å²) in [4.78, 5) is 4.22. The lowest BCUT2D eigenvalue weighted by Gasteiger charge is -2.34. The lowest BCUT2D eigenvalue weighted by atomic mass is 9.73. The van der Waals surface area contributed by atoms with Crippen molar-refractivity contribution >= 4 is 0 Å². The van der Waals surface area contributed by atoms with Gasteiger partial charge in [-0.25, -0.2) is 0 Å². The van der Waals surface area contributed by atoms with Gasteiger partial charge in [-0.15, -0.1) is 0 Å². The van der Waals surface area contributed by atoms with Crippen molar-refractivity contribution in [2.45, 2.75) is 52.5 Å². The second-order valence-corrected chi connectivity index (χ2v) is 6.18. The summed E-state index contributed by atoms with van der Waals surface area (Å²) in [6.07, 6.45) is 9.04. The van der Waals surface area contributed by atoms with Crippen LogP contribution in [0.4, 0.5) is 0 Å². The van der Waals surface area contributed by atoms with Crippen molar-refractivity contribution in [3.8, 4) is 0 Å². The van der Waals surface area contributed by atoms with Crippen LogP contribution in [0.5, 0.6) is 0 Å². The maximum atomic E-state index is 6.45. The fourth-order valence-corrected chi connectivity index (χ4v) is 3.25. The molecule has 0 spiro atoms. The molecule has 1 heterocycles. The zero-order valence-corrected chi connectivity index (χ0v) is 11.9. The molecule has 1 fully saturated rings. The highest BCUT2D eigenvalue weighted by molar-refractivity contribution is 5.25. The summed E-state index contributed by atoms with van der Waals surface area (Å²) in [5.41, 5.74) is 8.97. The summed E-state index contributed by atoms with van der Waals surface area (Å²) >= 11 is 0. The number of aromatic nitrogens is 1. The molecular formula is C16H26N2. The quantitative estimate of drug-likeness (QED) is 0.879. The van der Waals surface area contributed by atoms with Crippen LogP contribution >= 0.6 is 0 Å². The first kappa shape index (κ1) is 13.5. The van der Waals surface area contributed by atoms with Gasteiger partial charge in [0.15, 0.2) is 0 Å². The van der Waals surface area contributed by atoms with E-state index in [9.17, 15) is 0 Å². The highest BCUT2D eigenvalue weighted by atomic mass is 14.7. The average molecular weight is 246 g/mol. The van der Waals surface area contributed by atoms with Gasteiger partial charge in [0.25, 0.3) is 0 Å². The van der Waals surface area contributed by atoms with Crippen LogP contribution in [-0.4, -0.2) is 4.98 Å². The van der Waals surface area contributed by atoms with E-state index in [1.807, 2.05) is 12.4 Å². The van der Waals surface area contributed by atoms with Crippen molar-refractivity contribution < 1.29 is 0 Å². The molecule has 1 aliphatic rings. The molecule has 2 heteroatoms. The van der Waals surface area contributed by atoms with Gasteiger partial charge in [-0.05, 0) is 67.6 Å². The summed E-state index contributed by atoms with van der Waals surface area (Å²) in [5.74, 6) is 2.37. The van der Waals surface area contributed by atoms with E-state index in [4.69, 9.17) is 5.73 Å². The summed E-state index contributed by atoms with van der Waals surface area (Å²) in [6.45, 7) is 6.82. The molecule has 0 radical (unpaired) electrons. The number of hydrogen-bond donors (Lipinski definition) is 1. The maximum Gasteiger partial charge on any atom is 0.0341 e. The summed E-state index contributed by atoms with van der Waals surface area (Å²) in [5, 5.41) is 0. The maximum absolute atomic E-state index is 6.45. The zero-order chi connectivity index (χ0) is 13.1. The number of nitrogens with zero attached hydrogens (tertiary/aromatic N) is 1. The molecule has 0 bridgehead atoms. The molecule has 0 aliphatic heterocycles. The molecule has 1 aliphatic carbocycles. The van der Waals surface area contributed by atoms with Crippen molar-refractivity contribution in [1.82, 2.24) is 4.98 Å². The van der Waals surface area contributed by atoms with Crippen LogP contribution in [0.25, 0.3) is 0 Å². The summed E-state index contributed by atoms with van der Waals surface area (Å²) in [7, 11) is 0. The van der Waals surface area contributed by atoms with Crippen LogP contribution in [0.3, 0.4) is 0 Å². The third-order valence-electron chi connectivity index (χ3n) is 4.71. The van der Waals surface area contributed by atoms with E-state index in [1.165, 1.54) is 36.8 Å². The first-order chi connectivity index (χ1) is 8.59. The van der Waals surface area contributed by atoms with E-state index in [0.717, 1.165) is 11.8 Å². The number of nitrogens with two attached hydrogens (primary N) is 1. The van der Waals surface area contributed by atoms with Crippen LogP contribution in [0.15, 0.2) is 18.5 Å². The monoisotopic (exact) mass is 246 g/mol. The smallest absolute Gasteiger partial charge is 0.0341 e. The molecule has 1 aromatic heterocycles. The number of hydrogen-bond acceptors (Lipinski definition) is 2. The standard InChI is InChI=1S/C16H26N2/c1-11(2)13-4-6-14(7-5-13)16(17)15-10-18-9-8-12(15)3/h8-11,13-14,16H,4-7,17H2,1-3H3. The van der Waals surface area contributed by atoms with Crippen LogP contribution in [0.2, 0.25) is 0 Å². The SMILES string of the molecule is Cc1ccncc1C(N)C1CCC(C(C)C)CC1. The Kier molecular flexibility index (Phi) is 4.39. The fourth-order valence-electron chi connectivity index (χ4n) is 3.25. The fraction of sp³-hybridized carbons (Fsp3) is 0.688. The summed E-state index contributed by atoms with van der Waals surface area (Å²) in [6, 6.07) is 2.24. The first-order valence-corrected chi connectivity index (χ1v) is 7.25. The second-order valence-electron chi connectivity index (χ2n) is 6.18. The molecule has 1 saturated carbocycles. The molecule has 1 unspecified atom stereocenters. The van der Waals surface area contributed by atoms with Gasteiger partial charge in [0.1, 0.15) is 0 Å². The van der Waals surface area contributed by atoms with Crippen LogP contribution in [-0.2, 0) is 0 Å². The first-order valence-electron chi connectivity index (χ1n) is 7.25. The van der Waals surface area contributed by atoms with Gasteiger partial charge in [0.2, 0.25) is 0 Å². The Morgan fingerprint density at radius 3 is 2.33 bits per heavy atom. The van der Waals surface area contributed by atoms with Gasteiger partial charge < -0.3 is 5.73 Å². The van der Waals surface area contributed by atoms with E-state index in [0.29, 0.717) is 5.92 Å². The van der Waals surface area contributed by atoms with Crippen molar-refractivity contribution in [2.24, 2.45) is 23.5 Å². The molecule has 2 nitrogen and oxygen atoms in total. The van der Waals surface area contributed by atoms with Gasteiger partial charge >= 0.3 is 0 Å². The number of aryl methyl sites for hydroxylation is 1. The minimum Gasteiger partial charge on any atom is -0.324 e. The van der Waals surface area contributed by atoms with E-state index in [-0.39, 0.29) is 6.04 Å². The predicted molar refractivity (Wildman–Crippen MR) is 76.2 cm³/mol. The van der Waals surface area contributed by atoms with E-state index in [2.05, 4.69) is 31.8 Å². The Morgan fingerprint density at radius 2 is 1.78 bits per heavy atom. The third kappa shape index (κ3) is 2.92. The largest absolute Gasteiger partial charge is 0.324 e. The minimum atomic E-state index is 0.173.